The molecule has 0 radical (unpaired) electrons. The largest absolute Gasteiger partial charge is 0.493 e. The minimum absolute atomic E-state index is 0.0736. The monoisotopic (exact) mass is 399 g/mol. The smallest absolute Gasteiger partial charge is 0.180 e. The van der Waals surface area contributed by atoms with Crippen molar-refractivity contribution in [2.24, 2.45) is 0 Å². The minimum atomic E-state index is -0.312. The maximum atomic E-state index is 13.8. The van der Waals surface area contributed by atoms with Gasteiger partial charge in [0.25, 0.3) is 0 Å². The fraction of sp³-hybridized carbons (Fsp3) is 0.217. The molecule has 3 aromatic carbocycles. The number of ether oxygens (including phenoxy) is 2. The Kier molecular flexibility index (Phi) is 6.77. The lowest BCUT2D eigenvalue weighted by Crippen LogP contribution is -2.04. The van der Waals surface area contributed by atoms with E-state index in [1.807, 2.05) is 24.3 Å². The molecule has 3 rings (SSSR count). The molecule has 0 aromatic heterocycles. The fourth-order valence-electron chi connectivity index (χ4n) is 2.98. The van der Waals surface area contributed by atoms with Crippen LogP contribution >= 0.6 is 11.6 Å². The number of nitrogens with one attached hydrogen (secondary N) is 1. The number of rotatable bonds is 8. The van der Waals surface area contributed by atoms with Gasteiger partial charge >= 0.3 is 0 Å². The summed E-state index contributed by atoms with van der Waals surface area (Å²) in [6, 6.07) is 18.4. The van der Waals surface area contributed by atoms with Crippen LogP contribution in [0, 0.1) is 5.82 Å². The molecule has 0 unspecified atom stereocenters. The van der Waals surface area contributed by atoms with E-state index in [-0.39, 0.29) is 12.4 Å². The normalized spacial score (nSPS) is 10.6. The quantitative estimate of drug-likeness (QED) is 0.486. The third-order valence-electron chi connectivity index (χ3n) is 4.50. The van der Waals surface area contributed by atoms with Crippen LogP contribution in [0.5, 0.6) is 11.5 Å². The van der Waals surface area contributed by atoms with Gasteiger partial charge in [0.1, 0.15) is 12.4 Å². The standard InChI is InChI=1S/C23H23ClFNO2/c1-3-17-8-5-7-11-21(17)26-14-16-12-19(24)23(22(13-16)27-2)28-15-18-9-4-6-10-20(18)25/h4-13,26H,3,14-15H2,1-2H3. The highest BCUT2D eigenvalue weighted by atomic mass is 35.5. The van der Waals surface area contributed by atoms with Crippen LogP contribution in [0.25, 0.3) is 0 Å². The molecular weight excluding hydrogens is 377 g/mol. The van der Waals surface area contributed by atoms with E-state index in [2.05, 4.69) is 24.4 Å². The zero-order chi connectivity index (χ0) is 19.9. The lowest BCUT2D eigenvalue weighted by Gasteiger charge is -2.16. The number of hydrogen-bond acceptors (Lipinski definition) is 3. The molecule has 0 aliphatic carbocycles. The Morgan fingerprint density at radius 3 is 2.43 bits per heavy atom. The van der Waals surface area contributed by atoms with E-state index < -0.39 is 0 Å². The zero-order valence-corrected chi connectivity index (χ0v) is 16.7. The van der Waals surface area contributed by atoms with Crippen LogP contribution in [0.3, 0.4) is 0 Å². The van der Waals surface area contributed by atoms with Crippen LogP contribution in [0.4, 0.5) is 10.1 Å². The number of benzene rings is 3. The number of hydrogen-bond donors (Lipinski definition) is 1. The molecule has 0 heterocycles. The Labute approximate surface area is 170 Å². The molecule has 146 valence electrons. The van der Waals surface area contributed by atoms with Crippen LogP contribution in [0.1, 0.15) is 23.6 Å². The summed E-state index contributed by atoms with van der Waals surface area (Å²) >= 11 is 6.43. The van der Waals surface area contributed by atoms with Crippen molar-refractivity contribution in [1.82, 2.24) is 0 Å². The van der Waals surface area contributed by atoms with Crippen molar-refractivity contribution < 1.29 is 13.9 Å². The summed E-state index contributed by atoms with van der Waals surface area (Å²) < 4.78 is 25.0. The molecular formula is C23H23ClFNO2. The van der Waals surface area contributed by atoms with Crippen molar-refractivity contribution in [3.8, 4) is 11.5 Å². The molecule has 0 fully saturated rings. The number of methoxy groups -OCH3 is 1. The Morgan fingerprint density at radius 2 is 1.71 bits per heavy atom. The Hall–Kier alpha value is -2.72. The lowest BCUT2D eigenvalue weighted by molar-refractivity contribution is 0.280. The van der Waals surface area contributed by atoms with Crippen molar-refractivity contribution in [2.45, 2.75) is 26.5 Å². The van der Waals surface area contributed by atoms with Crippen LogP contribution in [-0.4, -0.2) is 7.11 Å². The molecule has 3 aromatic rings. The summed E-state index contributed by atoms with van der Waals surface area (Å²) in [5.74, 6) is 0.613. The second-order valence-corrected chi connectivity index (χ2v) is 6.76. The number of anilines is 1. The van der Waals surface area contributed by atoms with E-state index in [1.54, 1.807) is 25.3 Å². The summed E-state index contributed by atoms with van der Waals surface area (Å²) in [5, 5.41) is 3.87. The van der Waals surface area contributed by atoms with Crippen molar-refractivity contribution >= 4 is 17.3 Å². The molecule has 0 saturated carbocycles. The number of aryl methyl sites for hydroxylation is 1. The van der Waals surface area contributed by atoms with Crippen LogP contribution in [-0.2, 0) is 19.6 Å². The number of para-hydroxylation sites is 1. The summed E-state index contributed by atoms with van der Waals surface area (Å²) in [4.78, 5) is 0. The van der Waals surface area contributed by atoms with E-state index >= 15 is 0 Å². The first-order valence-electron chi connectivity index (χ1n) is 9.16. The van der Waals surface area contributed by atoms with Gasteiger partial charge in [-0.3, -0.25) is 0 Å². The first kappa shape index (κ1) is 20.0. The van der Waals surface area contributed by atoms with E-state index in [1.165, 1.54) is 11.6 Å². The Balaban J connectivity index is 1.75. The third-order valence-corrected chi connectivity index (χ3v) is 4.78. The topological polar surface area (TPSA) is 30.5 Å². The van der Waals surface area contributed by atoms with Crippen LogP contribution in [0.2, 0.25) is 5.02 Å². The first-order valence-corrected chi connectivity index (χ1v) is 9.54. The molecule has 0 aliphatic heterocycles. The van der Waals surface area contributed by atoms with Crippen molar-refractivity contribution in [2.75, 3.05) is 12.4 Å². The third kappa shape index (κ3) is 4.76. The second-order valence-electron chi connectivity index (χ2n) is 6.35. The van der Waals surface area contributed by atoms with Gasteiger partial charge in [-0.2, -0.15) is 0 Å². The van der Waals surface area contributed by atoms with Crippen molar-refractivity contribution in [1.29, 1.82) is 0 Å². The Morgan fingerprint density at radius 1 is 1.00 bits per heavy atom. The van der Waals surface area contributed by atoms with Gasteiger partial charge in [-0.15, -0.1) is 0 Å². The van der Waals surface area contributed by atoms with E-state index in [0.29, 0.717) is 28.6 Å². The second kappa shape index (κ2) is 9.47. The summed E-state index contributed by atoms with van der Waals surface area (Å²) in [7, 11) is 1.56. The molecule has 0 saturated heterocycles. The molecule has 0 amide bonds. The molecule has 0 atom stereocenters. The van der Waals surface area contributed by atoms with Gasteiger partial charge in [0, 0.05) is 17.8 Å². The summed E-state index contributed by atoms with van der Waals surface area (Å²) in [5.41, 5.74) is 3.78. The zero-order valence-electron chi connectivity index (χ0n) is 16.0. The van der Waals surface area contributed by atoms with Gasteiger partial charge in [-0.05, 0) is 41.8 Å². The molecule has 3 nitrogen and oxygen atoms in total. The highest BCUT2D eigenvalue weighted by molar-refractivity contribution is 6.32. The van der Waals surface area contributed by atoms with Gasteiger partial charge in [-0.1, -0.05) is 54.9 Å². The van der Waals surface area contributed by atoms with Gasteiger partial charge < -0.3 is 14.8 Å². The van der Waals surface area contributed by atoms with E-state index in [0.717, 1.165) is 17.7 Å². The van der Waals surface area contributed by atoms with Crippen molar-refractivity contribution in [3.63, 3.8) is 0 Å². The van der Waals surface area contributed by atoms with Crippen LogP contribution < -0.4 is 14.8 Å². The van der Waals surface area contributed by atoms with Gasteiger partial charge in [0.15, 0.2) is 11.5 Å². The highest BCUT2D eigenvalue weighted by Crippen LogP contribution is 2.37. The SMILES string of the molecule is CCc1ccccc1NCc1cc(Cl)c(OCc2ccccc2F)c(OC)c1. The summed E-state index contributed by atoms with van der Waals surface area (Å²) in [6.45, 7) is 2.80. The maximum Gasteiger partial charge on any atom is 0.180 e. The molecule has 0 spiro atoms. The molecule has 0 aliphatic rings. The Bertz CT molecular complexity index is 946. The number of halogens is 2. The average molecular weight is 400 g/mol. The average Bonchev–Trinajstić information content (AvgIpc) is 2.72. The predicted molar refractivity (Wildman–Crippen MR) is 112 cm³/mol. The first-order chi connectivity index (χ1) is 13.6. The van der Waals surface area contributed by atoms with Crippen molar-refractivity contribution in [3.05, 3.63) is 88.2 Å². The molecule has 1 N–H and O–H groups in total. The van der Waals surface area contributed by atoms with Gasteiger partial charge in [-0.25, -0.2) is 4.39 Å². The minimum Gasteiger partial charge on any atom is -0.493 e. The van der Waals surface area contributed by atoms with Gasteiger partial charge in [0.05, 0.1) is 12.1 Å². The van der Waals surface area contributed by atoms with E-state index in [4.69, 9.17) is 21.1 Å². The molecule has 5 heteroatoms. The fourth-order valence-corrected chi connectivity index (χ4v) is 3.27. The predicted octanol–water partition coefficient (Wildman–Crippen LogP) is 6.24. The lowest BCUT2D eigenvalue weighted by atomic mass is 10.1. The highest BCUT2D eigenvalue weighted by Gasteiger charge is 2.13. The molecule has 0 bridgehead atoms. The summed E-state index contributed by atoms with van der Waals surface area (Å²) in [6.07, 6.45) is 0.954. The van der Waals surface area contributed by atoms with Crippen LogP contribution in [0.15, 0.2) is 60.7 Å². The molecule has 28 heavy (non-hydrogen) atoms. The van der Waals surface area contributed by atoms with E-state index in [9.17, 15) is 4.39 Å². The van der Waals surface area contributed by atoms with Gasteiger partial charge in [0.2, 0.25) is 0 Å². The maximum absolute atomic E-state index is 13.8.